The molecular weight excluding hydrogens is 720 g/mol. The van der Waals surface area contributed by atoms with E-state index in [1.165, 1.54) is 0 Å². The summed E-state index contributed by atoms with van der Waals surface area (Å²) in [6, 6.07) is 22.8. The van der Waals surface area contributed by atoms with Crippen molar-refractivity contribution in [3.63, 3.8) is 0 Å². The van der Waals surface area contributed by atoms with Gasteiger partial charge in [-0.15, -0.1) is 0 Å². The Labute approximate surface area is 317 Å². The highest BCUT2D eigenvalue weighted by Gasteiger charge is 2.57. The number of aryl methyl sites for hydroxylation is 1. The average molecular weight is 765 g/mol. The van der Waals surface area contributed by atoms with E-state index in [2.05, 4.69) is 10.6 Å². The maximum Gasteiger partial charge on any atom is 0.349 e. The highest BCUT2D eigenvalue weighted by molar-refractivity contribution is 8.01. The first-order chi connectivity index (χ1) is 25.7. The standard InChI is InChI=1S/C39H44N2O12S/c1-23-11-17-30(18-12-23)54-39(38(48)49-5)20-31(45)35(41-34(47)22-50-24(2)42)37(53-39)36(52-26(4)44)32(51-25(3)43)21-40-33(46)19-27-13-15-29(16-14-27)28-9-7-6-8-10-28/h6-18,31-32,35-37,45H,19-22H2,1-5H3,(H,40,46)(H,41,47)/t31-,32+,35+,36+,37+,39-/m0/s1. The fraction of sp³-hybridized carbons (Fsp3) is 0.385. The van der Waals surface area contributed by atoms with Crippen LogP contribution in [0.25, 0.3) is 11.1 Å². The van der Waals surface area contributed by atoms with Gasteiger partial charge in [0.1, 0.15) is 6.10 Å². The zero-order valence-electron chi connectivity index (χ0n) is 30.6. The predicted octanol–water partition coefficient (Wildman–Crippen LogP) is 3.04. The second-order valence-corrected chi connectivity index (χ2v) is 14.0. The van der Waals surface area contributed by atoms with Crippen molar-refractivity contribution in [2.75, 3.05) is 20.3 Å². The summed E-state index contributed by atoms with van der Waals surface area (Å²) in [5.74, 6) is -4.64. The number of esters is 4. The van der Waals surface area contributed by atoms with Crippen molar-refractivity contribution in [3.05, 3.63) is 90.0 Å². The van der Waals surface area contributed by atoms with Gasteiger partial charge in [0.05, 0.1) is 32.2 Å². The fourth-order valence-corrected chi connectivity index (χ4v) is 7.12. The highest BCUT2D eigenvalue weighted by Crippen LogP contribution is 2.45. The third-order valence-electron chi connectivity index (χ3n) is 8.34. The largest absolute Gasteiger partial charge is 0.466 e. The number of nitrogens with one attached hydrogen (secondary N) is 2. The second kappa shape index (κ2) is 19.2. The highest BCUT2D eigenvalue weighted by atomic mass is 32.2. The van der Waals surface area contributed by atoms with Crippen molar-refractivity contribution in [1.29, 1.82) is 0 Å². The van der Waals surface area contributed by atoms with Crippen LogP contribution in [-0.4, -0.2) is 96.5 Å². The Bertz CT molecular complexity index is 1790. The molecular formula is C39H44N2O12S. The van der Waals surface area contributed by atoms with E-state index in [0.717, 1.165) is 56.3 Å². The van der Waals surface area contributed by atoms with Crippen LogP contribution in [0.1, 0.15) is 38.3 Å². The van der Waals surface area contributed by atoms with Crippen LogP contribution in [0.4, 0.5) is 0 Å². The summed E-state index contributed by atoms with van der Waals surface area (Å²) in [5, 5.41) is 16.9. The summed E-state index contributed by atoms with van der Waals surface area (Å²) in [5.41, 5.74) is 3.61. The third kappa shape index (κ3) is 11.6. The molecule has 2 amide bonds. The second-order valence-electron chi connectivity index (χ2n) is 12.7. The molecule has 288 valence electrons. The quantitative estimate of drug-likeness (QED) is 0.151. The van der Waals surface area contributed by atoms with E-state index in [9.17, 15) is 33.9 Å². The van der Waals surface area contributed by atoms with Gasteiger partial charge in [-0.05, 0) is 35.7 Å². The molecule has 1 saturated heterocycles. The number of benzene rings is 3. The minimum Gasteiger partial charge on any atom is -0.466 e. The topological polar surface area (TPSA) is 193 Å². The van der Waals surface area contributed by atoms with Crippen LogP contribution in [0.15, 0.2) is 83.8 Å². The lowest BCUT2D eigenvalue weighted by Crippen LogP contribution is -2.68. The van der Waals surface area contributed by atoms with Crippen molar-refractivity contribution in [1.82, 2.24) is 10.6 Å². The smallest absolute Gasteiger partial charge is 0.349 e. The normalized spacial score (nSPS) is 20.4. The number of carbonyl (C=O) groups excluding carboxylic acids is 6. The van der Waals surface area contributed by atoms with Gasteiger partial charge in [-0.1, -0.05) is 84.1 Å². The van der Waals surface area contributed by atoms with Crippen LogP contribution >= 0.6 is 11.8 Å². The van der Waals surface area contributed by atoms with E-state index >= 15 is 0 Å². The van der Waals surface area contributed by atoms with Crippen LogP contribution in [0, 0.1) is 6.92 Å². The van der Waals surface area contributed by atoms with Crippen molar-refractivity contribution in [2.24, 2.45) is 0 Å². The number of hydrogen-bond acceptors (Lipinski definition) is 13. The monoisotopic (exact) mass is 764 g/mol. The number of ether oxygens (including phenoxy) is 5. The van der Waals surface area contributed by atoms with Crippen molar-refractivity contribution < 1.29 is 57.6 Å². The molecule has 4 rings (SSSR count). The molecule has 0 aromatic heterocycles. The number of rotatable bonds is 15. The molecule has 0 aliphatic carbocycles. The Morgan fingerprint density at radius 3 is 2.07 bits per heavy atom. The molecule has 3 aromatic carbocycles. The van der Waals surface area contributed by atoms with Crippen molar-refractivity contribution >= 4 is 47.5 Å². The first-order valence-corrected chi connectivity index (χ1v) is 17.9. The maximum absolute atomic E-state index is 13.6. The Balaban J connectivity index is 1.66. The average Bonchev–Trinajstić information content (AvgIpc) is 3.13. The van der Waals surface area contributed by atoms with Gasteiger partial charge in [-0.2, -0.15) is 0 Å². The van der Waals surface area contributed by atoms with Gasteiger partial charge < -0.3 is 39.4 Å². The lowest BCUT2D eigenvalue weighted by molar-refractivity contribution is -0.216. The Morgan fingerprint density at radius 2 is 1.48 bits per heavy atom. The first-order valence-electron chi connectivity index (χ1n) is 17.1. The third-order valence-corrected chi connectivity index (χ3v) is 9.61. The van der Waals surface area contributed by atoms with Crippen LogP contribution in [-0.2, 0) is 58.9 Å². The summed E-state index contributed by atoms with van der Waals surface area (Å²) in [4.78, 5) is 74.9. The molecule has 1 aliphatic heterocycles. The lowest BCUT2D eigenvalue weighted by Gasteiger charge is -2.48. The van der Waals surface area contributed by atoms with Gasteiger partial charge in [-0.3, -0.25) is 24.0 Å². The van der Waals surface area contributed by atoms with Gasteiger partial charge in [-0.25, -0.2) is 4.79 Å². The maximum atomic E-state index is 13.6. The minimum absolute atomic E-state index is 0.0494. The minimum atomic E-state index is -1.97. The number of aliphatic hydroxyl groups is 1. The molecule has 1 aliphatic rings. The molecule has 0 unspecified atom stereocenters. The van der Waals surface area contributed by atoms with Gasteiger partial charge >= 0.3 is 23.9 Å². The number of amides is 2. The molecule has 14 nitrogen and oxygen atoms in total. The zero-order valence-corrected chi connectivity index (χ0v) is 31.4. The lowest BCUT2D eigenvalue weighted by atomic mass is 9.89. The molecule has 0 saturated carbocycles. The molecule has 15 heteroatoms. The van der Waals surface area contributed by atoms with E-state index in [4.69, 9.17) is 23.7 Å². The molecule has 1 heterocycles. The molecule has 3 N–H and O–H groups in total. The van der Waals surface area contributed by atoms with E-state index < -0.39 is 90.7 Å². The van der Waals surface area contributed by atoms with Crippen LogP contribution in [0.5, 0.6) is 0 Å². The SMILES string of the molecule is COC(=O)[C@@]1(Sc2ccc(C)cc2)C[C@H](O)[C@@H](NC(=O)COC(C)=O)[C@H]([C@H](OC(C)=O)[C@@H](CNC(=O)Cc2ccc(-c3ccccc3)cc2)OC(C)=O)O1. The predicted molar refractivity (Wildman–Crippen MR) is 196 cm³/mol. The summed E-state index contributed by atoms with van der Waals surface area (Å²) >= 11 is 0.920. The number of methoxy groups -OCH3 is 1. The van der Waals surface area contributed by atoms with E-state index in [1.807, 2.05) is 61.5 Å². The Morgan fingerprint density at radius 1 is 0.852 bits per heavy atom. The zero-order chi connectivity index (χ0) is 39.4. The molecule has 3 aromatic rings. The summed E-state index contributed by atoms with van der Waals surface area (Å²) in [6.07, 6.45) is -6.73. The van der Waals surface area contributed by atoms with Crippen LogP contribution < -0.4 is 10.6 Å². The number of aliphatic hydroxyl groups excluding tert-OH is 1. The number of carbonyl (C=O) groups is 6. The first kappa shape index (κ1) is 41.5. The molecule has 0 spiro atoms. The number of hydrogen-bond donors (Lipinski definition) is 3. The van der Waals surface area contributed by atoms with Crippen molar-refractivity contribution in [2.45, 2.75) is 80.8 Å². The van der Waals surface area contributed by atoms with Gasteiger partial charge in [0.2, 0.25) is 10.8 Å². The van der Waals surface area contributed by atoms with Crippen LogP contribution in [0.2, 0.25) is 0 Å². The molecule has 54 heavy (non-hydrogen) atoms. The molecule has 6 atom stereocenters. The summed E-state index contributed by atoms with van der Waals surface area (Å²) < 4.78 is 27.7. The Kier molecular flexibility index (Phi) is 14.7. The van der Waals surface area contributed by atoms with Gasteiger partial charge in [0.25, 0.3) is 5.91 Å². The van der Waals surface area contributed by atoms with E-state index in [0.29, 0.717) is 10.5 Å². The molecule has 1 fully saturated rings. The fourth-order valence-electron chi connectivity index (χ4n) is 5.89. The molecule has 0 radical (unpaired) electrons. The van der Waals surface area contributed by atoms with E-state index in [1.54, 1.807) is 24.3 Å². The molecule has 0 bridgehead atoms. The summed E-state index contributed by atoms with van der Waals surface area (Å²) in [7, 11) is 1.13. The number of thioether (sulfide) groups is 1. The Hall–Kier alpha value is -5.25. The van der Waals surface area contributed by atoms with Gasteiger partial charge in [0.15, 0.2) is 18.8 Å². The summed E-state index contributed by atoms with van der Waals surface area (Å²) in [6.45, 7) is 4.05. The van der Waals surface area contributed by atoms with Crippen molar-refractivity contribution in [3.8, 4) is 11.1 Å². The van der Waals surface area contributed by atoms with E-state index in [-0.39, 0.29) is 6.42 Å². The van der Waals surface area contributed by atoms with Crippen LogP contribution in [0.3, 0.4) is 0 Å². The van der Waals surface area contributed by atoms with Gasteiger partial charge in [0, 0.05) is 32.1 Å².